The summed E-state index contributed by atoms with van der Waals surface area (Å²) in [5, 5.41) is 24.8. The molecule has 0 saturated carbocycles. The van der Waals surface area contributed by atoms with Gasteiger partial charge in [-0.15, -0.1) is 24.8 Å². The average Bonchev–Trinajstić information content (AvgIpc) is 3.32. The van der Waals surface area contributed by atoms with Crippen molar-refractivity contribution in [2.24, 2.45) is 0 Å². The summed E-state index contributed by atoms with van der Waals surface area (Å²) in [5.74, 6) is 0.939. The highest BCUT2D eigenvalue weighted by atomic mass is 35.5. The first-order valence-electron chi connectivity index (χ1n) is 9.41. The minimum atomic E-state index is -0.493. The molecule has 10 nitrogen and oxygen atoms in total. The Labute approximate surface area is 216 Å². The lowest BCUT2D eigenvalue weighted by molar-refractivity contribution is -0.385. The summed E-state index contributed by atoms with van der Waals surface area (Å²) in [6, 6.07) is 9.97. The van der Waals surface area contributed by atoms with E-state index in [4.69, 9.17) is 23.2 Å². The number of nitrogens with one attached hydrogen (secondary N) is 3. The number of rotatable bonds is 8. The Kier molecular flexibility index (Phi) is 9.82. The maximum absolute atomic E-state index is 10.7. The van der Waals surface area contributed by atoms with Crippen LogP contribution in [-0.4, -0.2) is 43.2 Å². The van der Waals surface area contributed by atoms with Gasteiger partial charge in [0.2, 0.25) is 5.95 Å². The van der Waals surface area contributed by atoms with Crippen LogP contribution in [0, 0.1) is 10.1 Å². The zero-order valence-corrected chi connectivity index (χ0v) is 20.4. The second kappa shape index (κ2) is 12.3. The third kappa shape index (κ3) is 6.45. The molecule has 34 heavy (non-hydrogen) atoms. The van der Waals surface area contributed by atoms with Gasteiger partial charge >= 0.3 is 0 Å². The van der Waals surface area contributed by atoms with Crippen molar-refractivity contribution < 1.29 is 4.92 Å². The maximum Gasteiger partial charge on any atom is 0.287 e. The van der Waals surface area contributed by atoms with E-state index in [1.807, 2.05) is 6.07 Å². The maximum atomic E-state index is 10.7. The molecule has 14 heteroatoms. The molecule has 0 spiro atoms. The molecule has 0 unspecified atom stereocenters. The van der Waals surface area contributed by atoms with Gasteiger partial charge in [-0.3, -0.25) is 15.2 Å². The summed E-state index contributed by atoms with van der Waals surface area (Å²) < 4.78 is 0. The Morgan fingerprint density at radius 3 is 2.41 bits per heavy atom. The fraction of sp³-hybridized carbons (Fsp3) is 0.100. The Morgan fingerprint density at radius 1 is 0.971 bits per heavy atom. The van der Waals surface area contributed by atoms with Crippen molar-refractivity contribution in [3.8, 4) is 22.5 Å². The number of pyridine rings is 1. The van der Waals surface area contributed by atoms with Gasteiger partial charge in [0.15, 0.2) is 0 Å². The van der Waals surface area contributed by atoms with E-state index in [2.05, 4.69) is 35.8 Å². The quantitative estimate of drug-likeness (QED) is 0.150. The normalized spacial score (nSPS) is 10.1. The topological polar surface area (TPSA) is 135 Å². The van der Waals surface area contributed by atoms with Crippen molar-refractivity contribution in [3.05, 3.63) is 75.1 Å². The molecule has 1 aromatic carbocycles. The number of anilines is 2. The summed E-state index contributed by atoms with van der Waals surface area (Å²) in [6.07, 6.45) is 4.54. The van der Waals surface area contributed by atoms with E-state index < -0.39 is 4.92 Å². The van der Waals surface area contributed by atoms with E-state index in [1.54, 1.807) is 36.7 Å². The molecule has 4 aromatic rings. The first-order valence-corrected chi connectivity index (χ1v) is 10.2. The van der Waals surface area contributed by atoms with Crippen LogP contribution in [0.15, 0.2) is 55.0 Å². The van der Waals surface area contributed by atoms with E-state index in [0.717, 1.165) is 11.3 Å². The molecule has 0 aliphatic rings. The molecule has 3 N–H and O–H groups in total. The van der Waals surface area contributed by atoms with Gasteiger partial charge in [0.05, 0.1) is 21.3 Å². The van der Waals surface area contributed by atoms with Gasteiger partial charge in [0, 0.05) is 47.7 Å². The van der Waals surface area contributed by atoms with Crippen LogP contribution in [0.25, 0.3) is 22.5 Å². The number of nitrogens with zero attached hydrogens (tertiary/aromatic N) is 5. The lowest BCUT2D eigenvalue weighted by atomic mass is 10.1. The van der Waals surface area contributed by atoms with Gasteiger partial charge in [-0.1, -0.05) is 23.2 Å². The molecule has 178 valence electrons. The molecule has 3 heterocycles. The van der Waals surface area contributed by atoms with Gasteiger partial charge in [0.1, 0.15) is 12.0 Å². The minimum Gasteiger partial charge on any atom is -0.368 e. The zero-order valence-electron chi connectivity index (χ0n) is 17.2. The highest BCUT2D eigenvalue weighted by molar-refractivity contribution is 6.36. The first-order chi connectivity index (χ1) is 15.5. The number of hydrogen-bond donors (Lipinski definition) is 3. The van der Waals surface area contributed by atoms with E-state index in [-0.39, 0.29) is 30.5 Å². The summed E-state index contributed by atoms with van der Waals surface area (Å²) in [5.41, 5.74) is 2.76. The van der Waals surface area contributed by atoms with Crippen LogP contribution in [0.1, 0.15) is 0 Å². The van der Waals surface area contributed by atoms with E-state index in [0.29, 0.717) is 46.2 Å². The molecule has 0 atom stereocenters. The zero-order chi connectivity index (χ0) is 22.5. The van der Waals surface area contributed by atoms with Crippen LogP contribution >= 0.6 is 48.0 Å². The second-order valence-electron chi connectivity index (χ2n) is 6.56. The van der Waals surface area contributed by atoms with Crippen LogP contribution in [0.3, 0.4) is 0 Å². The molecule has 0 aliphatic carbocycles. The number of H-pyrrole nitrogens is 1. The van der Waals surface area contributed by atoms with Crippen LogP contribution in [0.4, 0.5) is 17.5 Å². The van der Waals surface area contributed by atoms with Crippen molar-refractivity contribution in [1.82, 2.24) is 25.1 Å². The molecular weight excluding hydrogens is 526 g/mol. The van der Waals surface area contributed by atoms with E-state index >= 15 is 0 Å². The van der Waals surface area contributed by atoms with Crippen LogP contribution in [0.2, 0.25) is 10.0 Å². The first kappa shape index (κ1) is 27.1. The lowest BCUT2D eigenvalue weighted by Crippen LogP contribution is -2.16. The predicted octanol–water partition coefficient (Wildman–Crippen LogP) is 5.51. The molecule has 0 bridgehead atoms. The summed E-state index contributed by atoms with van der Waals surface area (Å²) in [7, 11) is 0. The predicted molar refractivity (Wildman–Crippen MR) is 137 cm³/mol. The van der Waals surface area contributed by atoms with E-state index in [1.165, 1.54) is 12.3 Å². The number of aromatic amines is 1. The molecule has 0 saturated heterocycles. The third-order valence-electron chi connectivity index (χ3n) is 4.44. The van der Waals surface area contributed by atoms with Crippen molar-refractivity contribution in [3.63, 3.8) is 0 Å². The van der Waals surface area contributed by atoms with Crippen molar-refractivity contribution in [1.29, 1.82) is 0 Å². The molecule has 4 rings (SSSR count). The Bertz CT molecular complexity index is 1240. The number of aromatic nitrogens is 5. The van der Waals surface area contributed by atoms with Crippen LogP contribution in [-0.2, 0) is 0 Å². The standard InChI is InChI=1S/C20H16Cl2N8O2.2ClH/c21-12-1-3-14(16(22)9-12)19-15(17-5-6-27-29-17)11-26-20(28-19)24-8-7-23-18-4-2-13(10-25-18)30(31)32;;/h1-6,9-11H,7-8H2,(H,23,25)(H,27,29)(H,24,26,28);2*1H. The Hall–Kier alpha value is -3.18. The van der Waals surface area contributed by atoms with Crippen molar-refractivity contribution in [2.75, 3.05) is 23.7 Å². The fourth-order valence-corrected chi connectivity index (χ4v) is 3.42. The number of benzene rings is 1. The molecule has 0 amide bonds. The van der Waals surface area contributed by atoms with Gasteiger partial charge in [0.25, 0.3) is 5.69 Å². The highest BCUT2D eigenvalue weighted by Crippen LogP contribution is 2.35. The molecular formula is C20H18Cl4N8O2. The van der Waals surface area contributed by atoms with Gasteiger partial charge < -0.3 is 10.6 Å². The molecule has 3 aromatic heterocycles. The van der Waals surface area contributed by atoms with Crippen molar-refractivity contribution in [2.45, 2.75) is 0 Å². The fourth-order valence-electron chi connectivity index (χ4n) is 2.92. The smallest absolute Gasteiger partial charge is 0.287 e. The minimum absolute atomic E-state index is 0. The number of nitro groups is 1. The van der Waals surface area contributed by atoms with E-state index in [9.17, 15) is 10.1 Å². The number of hydrogen-bond acceptors (Lipinski definition) is 8. The van der Waals surface area contributed by atoms with Gasteiger partial charge in [-0.2, -0.15) is 5.10 Å². The van der Waals surface area contributed by atoms with Crippen LogP contribution < -0.4 is 10.6 Å². The van der Waals surface area contributed by atoms with Crippen molar-refractivity contribution >= 4 is 65.5 Å². The third-order valence-corrected chi connectivity index (χ3v) is 4.99. The summed E-state index contributed by atoms with van der Waals surface area (Å²) >= 11 is 12.5. The van der Waals surface area contributed by atoms with Gasteiger partial charge in [-0.25, -0.2) is 15.0 Å². The lowest BCUT2D eigenvalue weighted by Gasteiger charge is -2.12. The highest BCUT2D eigenvalue weighted by Gasteiger charge is 2.15. The monoisotopic (exact) mass is 542 g/mol. The summed E-state index contributed by atoms with van der Waals surface area (Å²) in [4.78, 5) is 23.2. The average molecular weight is 544 g/mol. The summed E-state index contributed by atoms with van der Waals surface area (Å²) in [6.45, 7) is 0.976. The van der Waals surface area contributed by atoms with Crippen LogP contribution in [0.5, 0.6) is 0 Å². The second-order valence-corrected chi connectivity index (χ2v) is 7.41. The molecule has 0 radical (unpaired) electrons. The molecule has 0 aliphatic heterocycles. The molecule has 0 fully saturated rings. The largest absolute Gasteiger partial charge is 0.368 e. The Balaban J connectivity index is 0.00000204. The van der Waals surface area contributed by atoms with Gasteiger partial charge in [-0.05, 0) is 30.3 Å². The Morgan fingerprint density at radius 2 is 1.76 bits per heavy atom. The SMILES string of the molecule is Cl.Cl.O=[N+]([O-])c1ccc(NCCNc2ncc(-c3ccn[nH]3)c(-c3ccc(Cl)cc3Cl)n2)nc1. The number of halogens is 4.